The van der Waals surface area contributed by atoms with Crippen molar-refractivity contribution in [2.75, 3.05) is 7.11 Å². The van der Waals surface area contributed by atoms with Crippen LogP contribution in [0.2, 0.25) is 0 Å². The van der Waals surface area contributed by atoms with Gasteiger partial charge in [-0.3, -0.25) is 9.59 Å². The van der Waals surface area contributed by atoms with Gasteiger partial charge in [0.1, 0.15) is 62.4 Å². The topological polar surface area (TPSA) is 171 Å². The Balaban J connectivity index is 1.63. The summed E-state index contributed by atoms with van der Waals surface area (Å²) in [6, 6.07) is 16.1. The maximum atomic E-state index is 13.2. The number of aromatic hydroxyl groups is 5. The van der Waals surface area contributed by atoms with Crippen LogP contribution in [0.5, 0.6) is 34.5 Å². The predicted molar refractivity (Wildman–Crippen MR) is 150 cm³/mol. The smallest absolute Gasteiger partial charge is 0.197 e. The first kappa shape index (κ1) is 25.4. The average molecular weight is 552 g/mol. The van der Waals surface area contributed by atoms with Crippen molar-refractivity contribution in [1.29, 1.82) is 0 Å². The van der Waals surface area contributed by atoms with Gasteiger partial charge >= 0.3 is 0 Å². The Hall–Kier alpha value is -5.90. The van der Waals surface area contributed by atoms with E-state index < -0.39 is 22.4 Å². The van der Waals surface area contributed by atoms with Gasteiger partial charge in [0.05, 0.1) is 12.7 Å². The minimum absolute atomic E-state index is 0.0180. The Morgan fingerprint density at radius 3 is 1.95 bits per heavy atom. The van der Waals surface area contributed by atoms with Crippen LogP contribution in [0, 0.1) is 0 Å². The maximum Gasteiger partial charge on any atom is 0.197 e. The minimum Gasteiger partial charge on any atom is -0.508 e. The third-order valence-corrected chi connectivity index (χ3v) is 6.66. The van der Waals surface area contributed by atoms with E-state index in [0.29, 0.717) is 11.1 Å². The first-order chi connectivity index (χ1) is 19.6. The lowest BCUT2D eigenvalue weighted by molar-refractivity contribution is 0.409. The van der Waals surface area contributed by atoms with Crippen LogP contribution < -0.4 is 15.6 Å². The lowest BCUT2D eigenvalue weighted by Gasteiger charge is -2.15. The molecule has 5 N–H and O–H groups in total. The highest BCUT2D eigenvalue weighted by molar-refractivity contribution is 6.01. The predicted octanol–water partition coefficient (Wildman–Crippen LogP) is 5.44. The molecule has 2 aromatic heterocycles. The zero-order valence-electron chi connectivity index (χ0n) is 21.2. The number of rotatable bonds is 4. The number of ether oxygens (including phenoxy) is 1. The molecular weight excluding hydrogens is 532 g/mol. The summed E-state index contributed by atoms with van der Waals surface area (Å²) in [5.74, 6) is -1.10. The Labute approximate surface area is 229 Å². The molecule has 6 aromatic rings. The fourth-order valence-corrected chi connectivity index (χ4v) is 4.76. The van der Waals surface area contributed by atoms with E-state index >= 15 is 0 Å². The molecule has 0 bridgehead atoms. The highest BCUT2D eigenvalue weighted by Gasteiger charge is 2.23. The Bertz CT molecular complexity index is 2120. The van der Waals surface area contributed by atoms with Gasteiger partial charge in [0, 0.05) is 47.0 Å². The molecule has 0 atom stereocenters. The van der Waals surface area contributed by atoms with Gasteiger partial charge in [0.15, 0.2) is 16.4 Å². The first-order valence-corrected chi connectivity index (χ1v) is 12.2. The lowest BCUT2D eigenvalue weighted by Crippen LogP contribution is -2.03. The Morgan fingerprint density at radius 1 is 0.610 bits per heavy atom. The van der Waals surface area contributed by atoms with Crippen molar-refractivity contribution in [3.05, 3.63) is 93.2 Å². The molecule has 0 aliphatic carbocycles. The van der Waals surface area contributed by atoms with Crippen molar-refractivity contribution in [3.63, 3.8) is 0 Å². The molecule has 2 heterocycles. The summed E-state index contributed by atoms with van der Waals surface area (Å²) in [7, 11) is 1.34. The van der Waals surface area contributed by atoms with Crippen molar-refractivity contribution in [1.82, 2.24) is 0 Å². The molecule has 10 nitrogen and oxygen atoms in total. The Morgan fingerprint density at radius 2 is 1.24 bits per heavy atom. The summed E-state index contributed by atoms with van der Waals surface area (Å²) in [4.78, 5) is 26.0. The molecule has 6 rings (SSSR count). The molecule has 0 saturated carbocycles. The summed E-state index contributed by atoms with van der Waals surface area (Å²) in [6.45, 7) is 0. The summed E-state index contributed by atoms with van der Waals surface area (Å²) in [5.41, 5.74) is -0.223. The second-order valence-electron chi connectivity index (χ2n) is 9.24. The summed E-state index contributed by atoms with van der Waals surface area (Å²) >= 11 is 0. The molecule has 0 fully saturated rings. The van der Waals surface area contributed by atoms with Gasteiger partial charge in [-0.05, 0) is 42.5 Å². The molecule has 4 aromatic carbocycles. The van der Waals surface area contributed by atoms with E-state index in [9.17, 15) is 35.1 Å². The van der Waals surface area contributed by atoms with Gasteiger partial charge in [-0.25, -0.2) is 0 Å². The van der Waals surface area contributed by atoms with Crippen LogP contribution in [-0.2, 0) is 0 Å². The van der Waals surface area contributed by atoms with Crippen molar-refractivity contribution in [2.24, 2.45) is 0 Å². The first-order valence-electron chi connectivity index (χ1n) is 12.2. The third kappa shape index (κ3) is 4.23. The largest absolute Gasteiger partial charge is 0.508 e. The normalized spacial score (nSPS) is 11.2. The molecule has 0 aliphatic heterocycles. The van der Waals surface area contributed by atoms with E-state index in [4.69, 9.17) is 13.6 Å². The monoisotopic (exact) mass is 552 g/mol. The highest BCUT2D eigenvalue weighted by Crippen LogP contribution is 2.46. The van der Waals surface area contributed by atoms with Crippen LogP contribution in [0.1, 0.15) is 0 Å². The molecule has 0 amide bonds. The van der Waals surface area contributed by atoms with E-state index in [1.807, 2.05) is 0 Å². The zero-order chi connectivity index (χ0) is 29.0. The summed E-state index contributed by atoms with van der Waals surface area (Å²) < 4.78 is 17.4. The van der Waals surface area contributed by atoms with Crippen LogP contribution in [-0.4, -0.2) is 32.6 Å². The van der Waals surface area contributed by atoms with Crippen molar-refractivity contribution in [3.8, 4) is 68.3 Å². The highest BCUT2D eigenvalue weighted by atomic mass is 16.5. The average Bonchev–Trinajstić information content (AvgIpc) is 2.92. The molecule has 0 saturated heterocycles. The molecule has 0 radical (unpaired) electrons. The van der Waals surface area contributed by atoms with E-state index in [1.54, 1.807) is 12.1 Å². The third-order valence-electron chi connectivity index (χ3n) is 6.66. The number of hydrogen-bond donors (Lipinski definition) is 5. The second kappa shape index (κ2) is 9.38. The molecule has 0 unspecified atom stereocenters. The van der Waals surface area contributed by atoms with E-state index in [1.165, 1.54) is 55.6 Å². The number of benzene rings is 4. The molecular formula is C31H20O10. The standard InChI is InChI=1S/C31H20O10/c1-39-26-13-23(38)30-22(37)12-24(14-2-5-16(32)6-3-14)41-31(30)28(26)18-8-15(4-7-19(18)34)25-11-21(36)29-20(35)9-17(33)10-27(29)40-25/h2-13,32-35,38H,1H3. The SMILES string of the molecule is COc1cc(O)c2c(=O)cc(-c3ccc(O)cc3)oc2c1-c1cc(-c2cc(=O)c3c(O)cc(O)cc3o2)ccc1O. The molecule has 204 valence electrons. The van der Waals surface area contributed by atoms with Crippen molar-refractivity contribution >= 4 is 21.9 Å². The van der Waals surface area contributed by atoms with Gasteiger partial charge in [0.2, 0.25) is 0 Å². The van der Waals surface area contributed by atoms with Crippen LogP contribution in [0.25, 0.3) is 55.7 Å². The van der Waals surface area contributed by atoms with Crippen molar-refractivity contribution in [2.45, 2.75) is 0 Å². The quantitative estimate of drug-likeness (QED) is 0.190. The second-order valence-corrected chi connectivity index (χ2v) is 9.24. The molecule has 10 heteroatoms. The van der Waals surface area contributed by atoms with Gasteiger partial charge in [-0.1, -0.05) is 0 Å². The van der Waals surface area contributed by atoms with Crippen LogP contribution in [0.4, 0.5) is 0 Å². The minimum atomic E-state index is -0.564. The summed E-state index contributed by atoms with van der Waals surface area (Å²) in [5, 5.41) is 51.0. The molecule has 41 heavy (non-hydrogen) atoms. The van der Waals surface area contributed by atoms with Gasteiger partial charge in [0.25, 0.3) is 0 Å². The van der Waals surface area contributed by atoms with Gasteiger partial charge in [-0.2, -0.15) is 0 Å². The van der Waals surface area contributed by atoms with Crippen LogP contribution >= 0.6 is 0 Å². The zero-order valence-corrected chi connectivity index (χ0v) is 21.2. The van der Waals surface area contributed by atoms with Gasteiger partial charge < -0.3 is 39.1 Å². The molecule has 0 aliphatic rings. The number of hydrogen-bond acceptors (Lipinski definition) is 10. The molecule has 0 spiro atoms. The van der Waals surface area contributed by atoms with Crippen molar-refractivity contribution < 1.29 is 39.1 Å². The number of fused-ring (bicyclic) bond motifs is 2. The fourth-order valence-electron chi connectivity index (χ4n) is 4.76. The number of phenolic OH excluding ortho intramolecular Hbond substituents is 5. The number of phenols is 5. The van der Waals surface area contributed by atoms with E-state index in [0.717, 1.165) is 12.1 Å². The number of methoxy groups -OCH3 is 1. The van der Waals surface area contributed by atoms with E-state index in [2.05, 4.69) is 0 Å². The van der Waals surface area contributed by atoms with Crippen LogP contribution in [0.15, 0.2) is 91.2 Å². The Kier molecular flexibility index (Phi) is 5.81. The van der Waals surface area contributed by atoms with Crippen LogP contribution in [0.3, 0.4) is 0 Å². The fraction of sp³-hybridized carbons (Fsp3) is 0.0323. The van der Waals surface area contributed by atoms with Gasteiger partial charge in [-0.15, -0.1) is 0 Å². The lowest BCUT2D eigenvalue weighted by atomic mass is 9.96. The van der Waals surface area contributed by atoms with E-state index in [-0.39, 0.29) is 67.6 Å². The maximum absolute atomic E-state index is 13.2. The summed E-state index contributed by atoms with van der Waals surface area (Å²) in [6.07, 6.45) is 0.